The number of likely N-dealkylation sites (tertiary alicyclic amines) is 2. The van der Waals surface area contributed by atoms with Gasteiger partial charge in [0.15, 0.2) is 0 Å². The normalized spacial score (nSPS) is 19.8. The maximum atomic E-state index is 14.3. The molecule has 3 aromatic carbocycles. The number of nitrogens with one attached hydrogen (secondary N) is 3. The molecule has 70 heavy (non-hydrogen) atoms. The lowest BCUT2D eigenvalue weighted by Crippen LogP contribution is -2.49. The predicted octanol–water partition coefficient (Wildman–Crippen LogP) is 8.11. The molecular weight excluding hydrogens is 898 g/mol. The van der Waals surface area contributed by atoms with E-state index in [9.17, 15) is 27.6 Å². The summed E-state index contributed by atoms with van der Waals surface area (Å²) in [4.78, 5) is 58.9. The van der Waals surface area contributed by atoms with E-state index in [1.54, 1.807) is 18.1 Å². The van der Waals surface area contributed by atoms with Crippen molar-refractivity contribution in [3.63, 3.8) is 0 Å². The number of rotatable bonds is 12. The van der Waals surface area contributed by atoms with Gasteiger partial charge in [-0.1, -0.05) is 18.2 Å². The number of ether oxygens (including phenoxy) is 1. The van der Waals surface area contributed by atoms with Gasteiger partial charge in [0.25, 0.3) is 5.91 Å². The first-order chi connectivity index (χ1) is 33.8. The van der Waals surface area contributed by atoms with E-state index in [4.69, 9.17) is 9.72 Å². The molecule has 0 radical (unpaired) electrons. The van der Waals surface area contributed by atoms with Crippen molar-refractivity contribution in [1.82, 2.24) is 39.5 Å². The summed E-state index contributed by atoms with van der Waals surface area (Å²) < 4.78 is 50.5. The van der Waals surface area contributed by atoms with Crippen LogP contribution in [0.1, 0.15) is 90.4 Å². The van der Waals surface area contributed by atoms with Gasteiger partial charge in [0.2, 0.25) is 11.8 Å². The van der Waals surface area contributed by atoms with Crippen LogP contribution in [0.25, 0.3) is 33.2 Å². The zero-order valence-electron chi connectivity index (χ0n) is 40.0. The first kappa shape index (κ1) is 47.4. The Bertz CT molecular complexity index is 2870. The molecular formula is C53H61F3N10O4. The van der Waals surface area contributed by atoms with E-state index in [1.165, 1.54) is 17.3 Å². The van der Waals surface area contributed by atoms with Crippen LogP contribution in [0.4, 0.5) is 24.5 Å². The van der Waals surface area contributed by atoms with Crippen molar-refractivity contribution < 1.29 is 32.3 Å². The number of carbonyl (C=O) groups excluding carboxylic acids is 3. The van der Waals surface area contributed by atoms with E-state index in [1.807, 2.05) is 23.2 Å². The molecule has 0 spiro atoms. The lowest BCUT2D eigenvalue weighted by atomic mass is 9.88. The van der Waals surface area contributed by atoms with Gasteiger partial charge in [0.1, 0.15) is 24.1 Å². The van der Waals surface area contributed by atoms with Gasteiger partial charge in [-0.2, -0.15) is 13.2 Å². The molecule has 14 nitrogen and oxygen atoms in total. The highest BCUT2D eigenvalue weighted by Crippen LogP contribution is 2.40. The molecule has 7 heterocycles. The standard InChI is InChI=1S/C53H61F3N10O4/c1-33(47-30-41-40(14-19-57-50(41)62(47)2)38-8-10-43-45(28-38)60-48(59-43)32-70-3)64-22-17-36(18-23-64)35-4-6-37(7-5-35)52(69)66-20-15-34(16-21-66)31-63-24-26-65(27-25-63)46-12-9-39(29-42(46)53(54,55)56)58-44-11-13-49(67)61-51(44)68/h4-10,12,14,19,28-30,33-34,36,44,58H,11,13,15-18,20-27,31-32H2,1-3H3,(H,59,60)(H,61,67,68)/t33-,44?/m0/s1. The van der Waals surface area contributed by atoms with Crippen molar-refractivity contribution in [3.8, 4) is 11.1 Å². The van der Waals surface area contributed by atoms with Gasteiger partial charge in [-0.3, -0.25) is 29.5 Å². The number of methoxy groups -OCH3 is 1. The van der Waals surface area contributed by atoms with E-state index in [0.29, 0.717) is 63.3 Å². The van der Waals surface area contributed by atoms with Crippen LogP contribution in [-0.2, 0) is 34.2 Å². The number of alkyl halides is 3. The SMILES string of the molecule is COCc1nc2ccc(-c3ccnc4c3cc([C@H](C)N3CCC(c5ccc(C(=O)N6CCC(CN7CCN(c8ccc(NC9CCC(=O)NC9=O)cc8C(F)(F)F)CC7)CC6)cc5)CC3)n4C)cc2[nH]1. The Morgan fingerprint density at radius 3 is 2.36 bits per heavy atom. The number of carbonyl (C=O) groups is 3. The first-order valence-corrected chi connectivity index (χ1v) is 24.6. The van der Waals surface area contributed by atoms with Crippen LogP contribution in [0.3, 0.4) is 0 Å². The van der Waals surface area contributed by atoms with Crippen molar-refractivity contribution in [2.24, 2.45) is 13.0 Å². The fraction of sp³-hybridized carbons (Fsp3) is 0.453. The largest absolute Gasteiger partial charge is 0.418 e. The summed E-state index contributed by atoms with van der Waals surface area (Å²) >= 11 is 0. The molecule has 4 aliphatic heterocycles. The second-order valence-electron chi connectivity index (χ2n) is 19.6. The maximum Gasteiger partial charge on any atom is 0.418 e. The van der Waals surface area contributed by atoms with Gasteiger partial charge in [0, 0.05) is 107 Å². The number of aromatic amines is 1. The second-order valence-corrected chi connectivity index (χ2v) is 19.6. The molecule has 6 aromatic rings. The number of aromatic nitrogens is 4. The first-order valence-electron chi connectivity index (χ1n) is 24.6. The van der Waals surface area contributed by atoms with Crippen LogP contribution in [0.2, 0.25) is 0 Å². The number of aryl methyl sites for hydroxylation is 1. The third-order valence-corrected chi connectivity index (χ3v) is 15.2. The molecule has 4 fully saturated rings. The molecule has 2 atom stereocenters. The average molecular weight is 959 g/mol. The Kier molecular flexibility index (Phi) is 13.4. The highest BCUT2D eigenvalue weighted by molar-refractivity contribution is 6.01. The Morgan fingerprint density at radius 1 is 0.886 bits per heavy atom. The highest BCUT2D eigenvalue weighted by Gasteiger charge is 2.37. The van der Waals surface area contributed by atoms with E-state index >= 15 is 0 Å². The minimum atomic E-state index is -4.58. The molecule has 10 rings (SSSR count). The number of anilines is 2. The highest BCUT2D eigenvalue weighted by atomic mass is 19.4. The van der Waals surface area contributed by atoms with Gasteiger partial charge in [-0.15, -0.1) is 0 Å². The summed E-state index contributed by atoms with van der Waals surface area (Å²) in [6.45, 7) is 9.09. The molecule has 0 aliphatic carbocycles. The zero-order chi connectivity index (χ0) is 48.7. The van der Waals surface area contributed by atoms with Crippen LogP contribution in [0.5, 0.6) is 0 Å². The maximum absolute atomic E-state index is 14.3. The number of hydrogen-bond donors (Lipinski definition) is 3. The number of pyridine rings is 1. The van der Waals surface area contributed by atoms with E-state index in [0.717, 1.165) is 90.4 Å². The smallest absolute Gasteiger partial charge is 0.377 e. The summed E-state index contributed by atoms with van der Waals surface area (Å²) in [5.41, 5.74) is 7.89. The van der Waals surface area contributed by atoms with Gasteiger partial charge < -0.3 is 29.4 Å². The topological polar surface area (TPSA) is 144 Å². The van der Waals surface area contributed by atoms with Crippen LogP contribution in [-0.4, -0.2) is 124 Å². The second kappa shape index (κ2) is 19.8. The Labute approximate surface area is 405 Å². The van der Waals surface area contributed by atoms with E-state index in [2.05, 4.69) is 91.4 Å². The van der Waals surface area contributed by atoms with Crippen molar-refractivity contribution in [1.29, 1.82) is 0 Å². The third kappa shape index (κ3) is 9.88. The number of benzene rings is 3. The van der Waals surface area contributed by atoms with Gasteiger partial charge >= 0.3 is 6.18 Å². The fourth-order valence-corrected chi connectivity index (χ4v) is 11.2. The van der Waals surface area contributed by atoms with Crippen molar-refractivity contribution >= 4 is 51.2 Å². The molecule has 3 N–H and O–H groups in total. The molecule has 17 heteroatoms. The molecule has 0 saturated carbocycles. The molecule has 4 saturated heterocycles. The van der Waals surface area contributed by atoms with Crippen molar-refractivity contribution in [3.05, 3.63) is 107 Å². The summed E-state index contributed by atoms with van der Waals surface area (Å²) in [7, 11) is 3.78. The van der Waals surface area contributed by atoms with E-state index < -0.39 is 23.7 Å². The number of nitrogens with zero attached hydrogens (tertiary/aromatic N) is 7. The number of imidazole rings is 1. The zero-order valence-corrected chi connectivity index (χ0v) is 40.0. The van der Waals surface area contributed by atoms with Gasteiger partial charge in [0.05, 0.1) is 16.6 Å². The minimum absolute atomic E-state index is 0.0618. The Balaban J connectivity index is 0.686. The monoisotopic (exact) mass is 958 g/mol. The van der Waals surface area contributed by atoms with Crippen LogP contribution in [0, 0.1) is 5.92 Å². The summed E-state index contributed by atoms with van der Waals surface area (Å²) in [5.74, 6) is 0.781. The quantitative estimate of drug-likeness (QED) is 0.103. The van der Waals surface area contributed by atoms with Crippen molar-refractivity contribution in [2.45, 2.75) is 76.2 Å². The lowest BCUT2D eigenvalue weighted by Gasteiger charge is -2.40. The van der Waals surface area contributed by atoms with Gasteiger partial charge in [-0.05, 0) is 135 Å². The number of amides is 3. The molecule has 0 bridgehead atoms. The number of halogens is 3. The Hall–Kier alpha value is -6.30. The summed E-state index contributed by atoms with van der Waals surface area (Å²) in [6, 6.07) is 22.5. The van der Waals surface area contributed by atoms with Crippen LogP contribution < -0.4 is 15.5 Å². The molecule has 4 aliphatic rings. The molecule has 1 unspecified atom stereocenters. The fourth-order valence-electron chi connectivity index (χ4n) is 11.2. The number of fused-ring (bicyclic) bond motifs is 2. The molecule has 3 amide bonds. The summed E-state index contributed by atoms with van der Waals surface area (Å²) in [6.07, 6.45) is 1.51. The molecule has 3 aromatic heterocycles. The van der Waals surface area contributed by atoms with Crippen LogP contribution in [0.15, 0.2) is 79.0 Å². The predicted molar refractivity (Wildman–Crippen MR) is 263 cm³/mol. The van der Waals surface area contributed by atoms with E-state index in [-0.39, 0.29) is 42.1 Å². The third-order valence-electron chi connectivity index (χ3n) is 15.2. The molecule has 368 valence electrons. The lowest BCUT2D eigenvalue weighted by molar-refractivity contribution is -0.137. The summed E-state index contributed by atoms with van der Waals surface area (Å²) in [5, 5.41) is 6.24. The number of imide groups is 1. The average Bonchev–Trinajstić information content (AvgIpc) is 3.94. The number of hydrogen-bond acceptors (Lipinski definition) is 10. The minimum Gasteiger partial charge on any atom is -0.377 e. The van der Waals surface area contributed by atoms with Crippen LogP contribution >= 0.6 is 0 Å². The Morgan fingerprint density at radius 2 is 1.64 bits per heavy atom. The van der Waals surface area contributed by atoms with Crippen molar-refractivity contribution in [2.75, 3.05) is 76.2 Å². The number of H-pyrrole nitrogens is 1. The number of piperazine rings is 1. The van der Waals surface area contributed by atoms with Gasteiger partial charge in [-0.25, -0.2) is 9.97 Å². The number of piperidine rings is 3.